The molecule has 0 saturated heterocycles. The van der Waals surface area contributed by atoms with Gasteiger partial charge in [0.25, 0.3) is 5.91 Å². The van der Waals surface area contributed by atoms with E-state index >= 15 is 0 Å². The van der Waals surface area contributed by atoms with Crippen LogP contribution in [0, 0.1) is 13.8 Å². The Morgan fingerprint density at radius 2 is 1.96 bits per heavy atom. The third-order valence-corrected chi connectivity index (χ3v) is 3.83. The van der Waals surface area contributed by atoms with Gasteiger partial charge in [0.2, 0.25) is 0 Å². The van der Waals surface area contributed by atoms with Crippen molar-refractivity contribution in [3.63, 3.8) is 0 Å². The molecule has 0 aliphatic heterocycles. The molecule has 1 N–H and O–H groups in total. The lowest BCUT2D eigenvalue weighted by Crippen LogP contribution is -2.27. The molecule has 0 fully saturated rings. The highest BCUT2D eigenvalue weighted by molar-refractivity contribution is 6.03. The number of aromatic nitrogens is 4. The van der Waals surface area contributed by atoms with Gasteiger partial charge in [-0.05, 0) is 20.8 Å². The largest absolute Gasteiger partial charge is 0.476 e. The van der Waals surface area contributed by atoms with E-state index in [0.29, 0.717) is 6.54 Å². The molecule has 0 aliphatic rings. The molecule has 8 heteroatoms. The van der Waals surface area contributed by atoms with Crippen molar-refractivity contribution in [3.05, 3.63) is 34.4 Å². The molecule has 2 heterocycles. The third kappa shape index (κ3) is 3.10. The summed E-state index contributed by atoms with van der Waals surface area (Å²) in [6.07, 6.45) is 1.43. The van der Waals surface area contributed by atoms with Crippen molar-refractivity contribution in [1.82, 2.24) is 24.5 Å². The van der Waals surface area contributed by atoms with Crippen LogP contribution in [0.2, 0.25) is 0 Å². The zero-order valence-corrected chi connectivity index (χ0v) is 14.0. The van der Waals surface area contributed by atoms with Gasteiger partial charge in [-0.15, -0.1) is 0 Å². The van der Waals surface area contributed by atoms with Crippen molar-refractivity contribution >= 4 is 11.9 Å². The van der Waals surface area contributed by atoms with Crippen LogP contribution in [0.5, 0.6) is 0 Å². The predicted octanol–water partition coefficient (Wildman–Crippen LogP) is 1.22. The molecule has 0 spiro atoms. The van der Waals surface area contributed by atoms with Gasteiger partial charge in [-0.2, -0.15) is 10.2 Å². The quantitative estimate of drug-likeness (QED) is 0.894. The molecule has 0 saturated carbocycles. The molecule has 2 rings (SSSR count). The second kappa shape index (κ2) is 6.23. The predicted molar refractivity (Wildman–Crippen MR) is 83.3 cm³/mol. The molecule has 1 amide bonds. The van der Waals surface area contributed by atoms with Gasteiger partial charge in [-0.25, -0.2) is 4.79 Å². The van der Waals surface area contributed by atoms with Crippen molar-refractivity contribution in [2.45, 2.75) is 33.9 Å². The maximum Gasteiger partial charge on any atom is 0.357 e. The monoisotopic (exact) mass is 319 g/mol. The van der Waals surface area contributed by atoms with E-state index in [-0.39, 0.29) is 17.2 Å². The van der Waals surface area contributed by atoms with E-state index in [9.17, 15) is 9.59 Å². The van der Waals surface area contributed by atoms with Crippen molar-refractivity contribution in [3.8, 4) is 0 Å². The van der Waals surface area contributed by atoms with E-state index in [0.717, 1.165) is 23.5 Å². The standard InChI is InChI=1S/C15H21N5O3/c1-6-20-10(3)11(9(2)16-20)7-18(4)14(21)12-8-19(5)17-13(12)15(22)23/h8H,6-7H2,1-5H3,(H,22,23). The molecule has 0 unspecified atom stereocenters. The first-order valence-electron chi connectivity index (χ1n) is 7.31. The van der Waals surface area contributed by atoms with E-state index < -0.39 is 5.97 Å². The van der Waals surface area contributed by atoms with Crippen LogP contribution >= 0.6 is 0 Å². The van der Waals surface area contributed by atoms with Crippen molar-refractivity contribution in [2.24, 2.45) is 7.05 Å². The van der Waals surface area contributed by atoms with Gasteiger partial charge in [-0.1, -0.05) is 0 Å². The second-order valence-electron chi connectivity index (χ2n) is 5.50. The molecule has 124 valence electrons. The van der Waals surface area contributed by atoms with Crippen molar-refractivity contribution in [1.29, 1.82) is 0 Å². The highest BCUT2D eigenvalue weighted by atomic mass is 16.4. The van der Waals surface area contributed by atoms with E-state index in [4.69, 9.17) is 5.11 Å². The normalized spacial score (nSPS) is 10.8. The van der Waals surface area contributed by atoms with Gasteiger partial charge in [0.15, 0.2) is 5.69 Å². The molecular formula is C15H21N5O3. The number of rotatable bonds is 5. The van der Waals surface area contributed by atoms with Crippen LogP contribution in [-0.4, -0.2) is 48.5 Å². The van der Waals surface area contributed by atoms with E-state index in [2.05, 4.69) is 10.2 Å². The average molecular weight is 319 g/mol. The summed E-state index contributed by atoms with van der Waals surface area (Å²) in [5.41, 5.74) is 2.70. The summed E-state index contributed by atoms with van der Waals surface area (Å²) >= 11 is 0. The minimum atomic E-state index is -1.21. The minimum absolute atomic E-state index is 0.0840. The molecule has 0 atom stereocenters. The lowest BCUT2D eigenvalue weighted by atomic mass is 10.1. The summed E-state index contributed by atoms with van der Waals surface area (Å²) in [4.78, 5) is 25.3. The van der Waals surface area contributed by atoms with Crippen molar-refractivity contribution in [2.75, 3.05) is 7.05 Å². The number of hydrogen-bond donors (Lipinski definition) is 1. The zero-order chi connectivity index (χ0) is 17.3. The highest BCUT2D eigenvalue weighted by Crippen LogP contribution is 2.17. The summed E-state index contributed by atoms with van der Waals surface area (Å²) in [5.74, 6) is -1.59. The first-order chi connectivity index (χ1) is 10.8. The van der Waals surface area contributed by atoms with Gasteiger partial charge >= 0.3 is 5.97 Å². The Bertz CT molecular complexity index is 759. The Hall–Kier alpha value is -2.64. The first kappa shape index (κ1) is 16.7. The Labute approximate surface area is 134 Å². The van der Waals surface area contributed by atoms with Gasteiger partial charge < -0.3 is 10.0 Å². The average Bonchev–Trinajstić information content (AvgIpc) is 3.01. The molecule has 2 aromatic rings. The molecule has 8 nitrogen and oxygen atoms in total. The number of carboxylic acid groups (broad SMARTS) is 1. The number of aromatic carboxylic acids is 1. The van der Waals surface area contributed by atoms with Gasteiger partial charge in [-0.3, -0.25) is 14.2 Å². The summed E-state index contributed by atoms with van der Waals surface area (Å²) in [5, 5.41) is 17.4. The number of carbonyl (C=O) groups excluding carboxylic acids is 1. The lowest BCUT2D eigenvalue weighted by Gasteiger charge is -2.17. The van der Waals surface area contributed by atoms with Crippen LogP contribution in [0.3, 0.4) is 0 Å². The molecule has 0 radical (unpaired) electrons. The molecule has 2 aromatic heterocycles. The molecular weight excluding hydrogens is 298 g/mol. The van der Waals surface area contributed by atoms with E-state index in [1.807, 2.05) is 25.5 Å². The van der Waals surface area contributed by atoms with Gasteiger partial charge in [0.05, 0.1) is 11.3 Å². The number of nitrogens with zero attached hydrogens (tertiary/aromatic N) is 5. The Kier molecular flexibility index (Phi) is 4.53. The maximum atomic E-state index is 12.6. The number of aryl methyl sites for hydroxylation is 3. The molecule has 0 aliphatic carbocycles. The van der Waals surface area contributed by atoms with E-state index in [1.54, 1.807) is 14.1 Å². The fourth-order valence-corrected chi connectivity index (χ4v) is 2.59. The number of carbonyl (C=O) groups is 2. The molecule has 0 aromatic carbocycles. The van der Waals surface area contributed by atoms with Crippen LogP contribution in [0.25, 0.3) is 0 Å². The van der Waals surface area contributed by atoms with Crippen LogP contribution in [-0.2, 0) is 20.1 Å². The van der Waals surface area contributed by atoms with Crippen LogP contribution in [0.15, 0.2) is 6.20 Å². The van der Waals surface area contributed by atoms with Gasteiger partial charge in [0.1, 0.15) is 0 Å². The second-order valence-corrected chi connectivity index (χ2v) is 5.50. The SMILES string of the molecule is CCn1nc(C)c(CN(C)C(=O)c2cn(C)nc2C(=O)O)c1C. The van der Waals surface area contributed by atoms with Crippen LogP contribution in [0.1, 0.15) is 44.7 Å². The first-order valence-corrected chi connectivity index (χ1v) is 7.31. The number of amides is 1. The fourth-order valence-electron chi connectivity index (χ4n) is 2.59. The minimum Gasteiger partial charge on any atom is -0.476 e. The van der Waals surface area contributed by atoms with Crippen LogP contribution in [0.4, 0.5) is 0 Å². The van der Waals surface area contributed by atoms with E-state index in [1.165, 1.54) is 15.8 Å². The highest BCUT2D eigenvalue weighted by Gasteiger charge is 2.24. The summed E-state index contributed by atoms with van der Waals surface area (Å²) in [7, 11) is 3.23. The smallest absolute Gasteiger partial charge is 0.357 e. The summed E-state index contributed by atoms with van der Waals surface area (Å²) in [6, 6.07) is 0. The lowest BCUT2D eigenvalue weighted by molar-refractivity contribution is 0.0674. The maximum absolute atomic E-state index is 12.6. The summed E-state index contributed by atoms with van der Waals surface area (Å²) in [6.45, 7) is 7.00. The number of carboxylic acids is 1. The Morgan fingerprint density at radius 3 is 2.48 bits per heavy atom. The molecule has 23 heavy (non-hydrogen) atoms. The van der Waals surface area contributed by atoms with Gasteiger partial charge in [0, 0.05) is 44.6 Å². The zero-order valence-electron chi connectivity index (χ0n) is 14.0. The Balaban J connectivity index is 2.28. The fraction of sp³-hybridized carbons (Fsp3) is 0.467. The topological polar surface area (TPSA) is 93.3 Å². The summed E-state index contributed by atoms with van der Waals surface area (Å²) < 4.78 is 3.21. The number of hydrogen-bond acceptors (Lipinski definition) is 4. The molecule has 0 bridgehead atoms. The van der Waals surface area contributed by atoms with Crippen LogP contribution < -0.4 is 0 Å². The Morgan fingerprint density at radius 1 is 1.30 bits per heavy atom. The van der Waals surface area contributed by atoms with Crippen molar-refractivity contribution < 1.29 is 14.7 Å². The third-order valence-electron chi connectivity index (χ3n) is 3.83.